The molecule has 108 valence electrons. The zero-order chi connectivity index (χ0) is 15.0. The van der Waals surface area contributed by atoms with E-state index in [0.717, 1.165) is 0 Å². The van der Waals surface area contributed by atoms with Crippen LogP contribution in [0.4, 0.5) is 0 Å². The van der Waals surface area contributed by atoms with Crippen LogP contribution in [0.2, 0.25) is 0 Å². The van der Waals surface area contributed by atoms with Gasteiger partial charge in [0.1, 0.15) is 11.7 Å². The third-order valence-corrected chi connectivity index (χ3v) is 2.77. The first-order valence-electron chi connectivity index (χ1n) is 6.08. The number of esters is 2. The van der Waals surface area contributed by atoms with Crippen molar-refractivity contribution in [2.24, 2.45) is 0 Å². The van der Waals surface area contributed by atoms with Gasteiger partial charge in [-0.25, -0.2) is 0 Å². The first-order chi connectivity index (χ1) is 9.63. The first kappa shape index (κ1) is 15.8. The van der Waals surface area contributed by atoms with Gasteiger partial charge < -0.3 is 14.2 Å². The average Bonchev–Trinajstić information content (AvgIpc) is 2.50. The molecule has 0 aliphatic carbocycles. The van der Waals surface area contributed by atoms with E-state index in [2.05, 4.69) is 4.74 Å². The van der Waals surface area contributed by atoms with Gasteiger partial charge in [0, 0.05) is 5.56 Å². The first-order valence-corrected chi connectivity index (χ1v) is 6.08. The van der Waals surface area contributed by atoms with Gasteiger partial charge in [-0.2, -0.15) is 0 Å². The summed E-state index contributed by atoms with van der Waals surface area (Å²) in [6.07, 6.45) is 3.29. The maximum atomic E-state index is 11.9. The number of carbonyl (C=O) groups is 2. The molecular weight excluding hydrogens is 260 g/mol. The van der Waals surface area contributed by atoms with Crippen LogP contribution in [0.3, 0.4) is 0 Å². The molecule has 0 saturated heterocycles. The third kappa shape index (κ3) is 4.12. The SMILES string of the molecule is COC(=O)C/C=C\C(C(=O)OC)c1ccccc1OC. The summed E-state index contributed by atoms with van der Waals surface area (Å²) in [6.45, 7) is 0. The summed E-state index contributed by atoms with van der Waals surface area (Å²) in [6, 6.07) is 7.17. The molecule has 0 N–H and O–H groups in total. The molecule has 0 spiro atoms. The van der Waals surface area contributed by atoms with Gasteiger partial charge in [0.25, 0.3) is 0 Å². The third-order valence-electron chi connectivity index (χ3n) is 2.77. The van der Waals surface area contributed by atoms with Crippen molar-refractivity contribution >= 4 is 11.9 Å². The highest BCUT2D eigenvalue weighted by molar-refractivity contribution is 5.81. The lowest BCUT2D eigenvalue weighted by atomic mass is 9.97. The Kier molecular flexibility index (Phi) is 6.29. The van der Waals surface area contributed by atoms with Gasteiger partial charge >= 0.3 is 11.9 Å². The number of rotatable bonds is 6. The van der Waals surface area contributed by atoms with Crippen molar-refractivity contribution in [3.05, 3.63) is 42.0 Å². The summed E-state index contributed by atoms with van der Waals surface area (Å²) in [7, 11) is 4.17. The van der Waals surface area contributed by atoms with E-state index in [-0.39, 0.29) is 12.4 Å². The highest BCUT2D eigenvalue weighted by Crippen LogP contribution is 2.28. The molecule has 0 heterocycles. The van der Waals surface area contributed by atoms with Crippen molar-refractivity contribution in [3.8, 4) is 5.75 Å². The Morgan fingerprint density at radius 1 is 1.15 bits per heavy atom. The minimum absolute atomic E-state index is 0.0964. The van der Waals surface area contributed by atoms with E-state index in [1.165, 1.54) is 21.3 Å². The zero-order valence-electron chi connectivity index (χ0n) is 11.8. The van der Waals surface area contributed by atoms with Crippen molar-refractivity contribution in [2.45, 2.75) is 12.3 Å². The summed E-state index contributed by atoms with van der Waals surface area (Å²) in [5, 5.41) is 0. The highest BCUT2D eigenvalue weighted by atomic mass is 16.5. The van der Waals surface area contributed by atoms with Gasteiger partial charge in [-0.1, -0.05) is 30.4 Å². The molecule has 0 bridgehead atoms. The van der Waals surface area contributed by atoms with Crippen LogP contribution in [0.1, 0.15) is 17.9 Å². The van der Waals surface area contributed by atoms with Crippen LogP contribution in [0, 0.1) is 0 Å². The molecule has 5 heteroatoms. The Hall–Kier alpha value is -2.30. The summed E-state index contributed by atoms with van der Waals surface area (Å²) in [4.78, 5) is 23.0. The number of methoxy groups -OCH3 is 3. The van der Waals surface area contributed by atoms with Crippen LogP contribution in [-0.4, -0.2) is 33.3 Å². The largest absolute Gasteiger partial charge is 0.496 e. The molecule has 5 nitrogen and oxygen atoms in total. The highest BCUT2D eigenvalue weighted by Gasteiger charge is 2.21. The minimum atomic E-state index is -0.624. The summed E-state index contributed by atoms with van der Waals surface area (Å²) >= 11 is 0. The molecule has 1 rings (SSSR count). The predicted octanol–water partition coefficient (Wildman–Crippen LogP) is 2.07. The minimum Gasteiger partial charge on any atom is -0.496 e. The lowest BCUT2D eigenvalue weighted by molar-refractivity contribution is -0.141. The van der Waals surface area contributed by atoms with Gasteiger partial charge in [0.15, 0.2) is 0 Å². The molecule has 1 aromatic rings. The predicted molar refractivity (Wildman–Crippen MR) is 73.5 cm³/mol. The Morgan fingerprint density at radius 3 is 2.45 bits per heavy atom. The number of benzene rings is 1. The average molecular weight is 278 g/mol. The van der Waals surface area contributed by atoms with Gasteiger partial charge in [-0.3, -0.25) is 9.59 Å². The Labute approximate surface area is 118 Å². The molecule has 0 aliphatic rings. The topological polar surface area (TPSA) is 61.8 Å². The Bertz CT molecular complexity index is 493. The maximum absolute atomic E-state index is 11.9. The lowest BCUT2D eigenvalue weighted by Crippen LogP contribution is -2.13. The second-order valence-electron chi connectivity index (χ2n) is 3.95. The van der Waals surface area contributed by atoms with Crippen molar-refractivity contribution < 1.29 is 23.8 Å². The van der Waals surface area contributed by atoms with Crippen LogP contribution >= 0.6 is 0 Å². The van der Waals surface area contributed by atoms with E-state index in [1.54, 1.807) is 24.3 Å². The number of ether oxygens (including phenoxy) is 3. The van der Waals surface area contributed by atoms with Crippen LogP contribution in [0.25, 0.3) is 0 Å². The van der Waals surface area contributed by atoms with Gasteiger partial charge in [-0.15, -0.1) is 0 Å². The second-order valence-corrected chi connectivity index (χ2v) is 3.95. The van der Waals surface area contributed by atoms with E-state index in [4.69, 9.17) is 9.47 Å². The van der Waals surface area contributed by atoms with Crippen molar-refractivity contribution in [1.82, 2.24) is 0 Å². The smallest absolute Gasteiger partial charge is 0.317 e. The lowest BCUT2D eigenvalue weighted by Gasteiger charge is -2.14. The normalized spacial score (nSPS) is 11.9. The summed E-state index contributed by atoms with van der Waals surface area (Å²) in [5.74, 6) is -0.827. The number of hydrogen-bond donors (Lipinski definition) is 0. The van der Waals surface area contributed by atoms with Gasteiger partial charge in [0.05, 0.1) is 27.8 Å². The van der Waals surface area contributed by atoms with Crippen LogP contribution < -0.4 is 4.74 Å². The molecule has 0 amide bonds. The fraction of sp³-hybridized carbons (Fsp3) is 0.333. The van der Waals surface area contributed by atoms with E-state index in [1.807, 2.05) is 12.1 Å². The molecule has 1 unspecified atom stereocenters. The Morgan fingerprint density at radius 2 is 1.85 bits per heavy atom. The van der Waals surface area contributed by atoms with E-state index >= 15 is 0 Å². The number of para-hydroxylation sites is 1. The van der Waals surface area contributed by atoms with Gasteiger partial charge in [0.2, 0.25) is 0 Å². The van der Waals surface area contributed by atoms with Crippen molar-refractivity contribution in [2.75, 3.05) is 21.3 Å². The summed E-state index contributed by atoms with van der Waals surface area (Å²) < 4.78 is 14.6. The number of carbonyl (C=O) groups excluding carboxylic acids is 2. The molecule has 1 atom stereocenters. The van der Waals surface area contributed by atoms with Crippen molar-refractivity contribution in [3.63, 3.8) is 0 Å². The van der Waals surface area contributed by atoms with E-state index < -0.39 is 11.9 Å². The quantitative estimate of drug-likeness (QED) is 0.589. The number of hydrogen-bond acceptors (Lipinski definition) is 5. The second kappa shape index (κ2) is 7.99. The van der Waals surface area contributed by atoms with E-state index in [0.29, 0.717) is 11.3 Å². The van der Waals surface area contributed by atoms with Crippen LogP contribution in [0.5, 0.6) is 5.75 Å². The van der Waals surface area contributed by atoms with Gasteiger partial charge in [-0.05, 0) is 6.07 Å². The molecule has 0 aromatic heterocycles. The van der Waals surface area contributed by atoms with Crippen molar-refractivity contribution in [1.29, 1.82) is 0 Å². The molecule has 0 saturated carbocycles. The monoisotopic (exact) mass is 278 g/mol. The standard InChI is InChI=1S/C15H18O5/c1-18-13-9-5-4-7-11(13)12(15(17)20-3)8-6-10-14(16)19-2/h4-9,12H,10H2,1-3H3/b8-6-. The Balaban J connectivity index is 3.00. The summed E-state index contributed by atoms with van der Waals surface area (Å²) in [5.41, 5.74) is 0.683. The maximum Gasteiger partial charge on any atom is 0.317 e. The van der Waals surface area contributed by atoms with Crippen LogP contribution in [0.15, 0.2) is 36.4 Å². The molecule has 1 aromatic carbocycles. The molecule has 0 aliphatic heterocycles. The molecule has 0 radical (unpaired) electrons. The molecular formula is C15H18O5. The fourth-order valence-corrected chi connectivity index (χ4v) is 1.74. The van der Waals surface area contributed by atoms with E-state index in [9.17, 15) is 9.59 Å². The van der Waals surface area contributed by atoms with Crippen LogP contribution in [-0.2, 0) is 19.1 Å². The molecule has 20 heavy (non-hydrogen) atoms. The zero-order valence-corrected chi connectivity index (χ0v) is 11.8. The molecule has 0 fully saturated rings. The fourth-order valence-electron chi connectivity index (χ4n) is 1.74.